The number of nitrogens with one attached hydrogen (secondary N) is 1. The fourth-order valence-electron chi connectivity index (χ4n) is 2.91. The molecule has 0 saturated heterocycles. The Morgan fingerprint density at radius 3 is 2.59 bits per heavy atom. The third-order valence-corrected chi connectivity index (χ3v) is 5.83. The van der Waals surface area contributed by atoms with Gasteiger partial charge in [-0.25, -0.2) is 4.79 Å². The minimum atomic E-state index is -0.981. The lowest BCUT2D eigenvalue weighted by molar-refractivity contribution is -0.119. The summed E-state index contributed by atoms with van der Waals surface area (Å²) in [6.07, 6.45) is -0.981. The number of carbonyl (C=O) groups is 3. The third kappa shape index (κ3) is 5.61. The zero-order chi connectivity index (χ0) is 23.3. The number of amides is 1. The molecule has 9 heteroatoms. The smallest absolute Gasteiger partial charge is 0.342 e. The van der Waals surface area contributed by atoms with Crippen LogP contribution in [-0.2, 0) is 22.7 Å². The molecule has 1 amide bonds. The first-order chi connectivity index (χ1) is 15.3. The maximum atomic E-state index is 12.8. The molecule has 1 aromatic carbocycles. The van der Waals surface area contributed by atoms with Crippen LogP contribution in [0, 0.1) is 13.8 Å². The van der Waals surface area contributed by atoms with Crippen molar-refractivity contribution >= 4 is 29.0 Å². The van der Waals surface area contributed by atoms with E-state index in [0.717, 1.165) is 16.1 Å². The molecule has 0 spiro atoms. The van der Waals surface area contributed by atoms with Gasteiger partial charge in [-0.1, -0.05) is 17.3 Å². The number of ketones is 1. The van der Waals surface area contributed by atoms with Crippen molar-refractivity contribution in [2.24, 2.45) is 0 Å². The van der Waals surface area contributed by atoms with Crippen LogP contribution in [0.3, 0.4) is 0 Å². The number of ether oxygens (including phenoxy) is 2. The molecule has 8 nitrogen and oxygen atoms in total. The number of benzene rings is 1. The highest BCUT2D eigenvalue weighted by Crippen LogP contribution is 2.24. The second-order valence-electron chi connectivity index (χ2n) is 7.18. The average Bonchev–Trinajstić information content (AvgIpc) is 3.37. The first-order valence-electron chi connectivity index (χ1n) is 9.98. The van der Waals surface area contributed by atoms with Crippen LogP contribution < -0.4 is 10.1 Å². The quantitative estimate of drug-likeness (QED) is 0.383. The van der Waals surface area contributed by atoms with Crippen LogP contribution in [0.15, 0.2) is 40.9 Å². The van der Waals surface area contributed by atoms with E-state index in [2.05, 4.69) is 10.5 Å². The molecule has 3 aromatic rings. The zero-order valence-electron chi connectivity index (χ0n) is 18.3. The number of para-hydroxylation sites is 1. The molecule has 0 bridgehead atoms. The zero-order valence-corrected chi connectivity index (χ0v) is 19.1. The van der Waals surface area contributed by atoms with Gasteiger partial charge in [0.15, 0.2) is 6.10 Å². The topological polar surface area (TPSA) is 108 Å². The maximum absolute atomic E-state index is 12.8. The lowest BCUT2D eigenvalue weighted by Crippen LogP contribution is -2.24. The third-order valence-electron chi connectivity index (χ3n) is 4.73. The molecule has 1 unspecified atom stereocenters. The SMILES string of the molecule is CC(=O)NCc1ccc(C(=O)C(C)OC(=O)c2ccccc2OCc2c(C)noc2C)s1. The van der Waals surface area contributed by atoms with E-state index in [9.17, 15) is 14.4 Å². The number of aromatic nitrogens is 1. The second kappa shape index (κ2) is 10.2. The predicted molar refractivity (Wildman–Crippen MR) is 118 cm³/mol. The van der Waals surface area contributed by atoms with Gasteiger partial charge >= 0.3 is 5.97 Å². The highest BCUT2D eigenvalue weighted by molar-refractivity contribution is 7.14. The van der Waals surface area contributed by atoms with Crippen LogP contribution in [0.4, 0.5) is 0 Å². The van der Waals surface area contributed by atoms with Gasteiger partial charge in [0, 0.05) is 11.8 Å². The molecular formula is C23H24N2O6S. The summed E-state index contributed by atoms with van der Waals surface area (Å²) in [7, 11) is 0. The van der Waals surface area contributed by atoms with Gasteiger partial charge in [-0.2, -0.15) is 0 Å². The Balaban J connectivity index is 1.65. The summed E-state index contributed by atoms with van der Waals surface area (Å²) in [4.78, 5) is 37.8. The lowest BCUT2D eigenvalue weighted by atomic mass is 10.2. The fourth-order valence-corrected chi connectivity index (χ4v) is 3.88. The van der Waals surface area contributed by atoms with Crippen molar-refractivity contribution < 1.29 is 28.4 Å². The van der Waals surface area contributed by atoms with Crippen LogP contribution in [0.5, 0.6) is 5.75 Å². The summed E-state index contributed by atoms with van der Waals surface area (Å²) < 4.78 is 16.4. The van der Waals surface area contributed by atoms with E-state index in [1.807, 2.05) is 6.92 Å². The number of hydrogen-bond acceptors (Lipinski definition) is 8. The van der Waals surface area contributed by atoms with Gasteiger partial charge in [0.25, 0.3) is 0 Å². The molecule has 3 rings (SSSR count). The minimum Gasteiger partial charge on any atom is -0.488 e. The van der Waals surface area contributed by atoms with Gasteiger partial charge in [-0.15, -0.1) is 11.3 Å². The van der Waals surface area contributed by atoms with E-state index in [-0.39, 0.29) is 23.9 Å². The summed E-state index contributed by atoms with van der Waals surface area (Å²) in [5.41, 5.74) is 1.75. The van der Waals surface area contributed by atoms with Gasteiger partial charge in [-0.05, 0) is 45.0 Å². The number of esters is 1. The van der Waals surface area contributed by atoms with E-state index in [0.29, 0.717) is 22.9 Å². The Kier molecular flexibility index (Phi) is 7.42. The number of nitrogens with zero attached hydrogens (tertiary/aromatic N) is 1. The first kappa shape index (κ1) is 23.2. The van der Waals surface area contributed by atoms with Crippen molar-refractivity contribution in [3.63, 3.8) is 0 Å². The van der Waals surface area contributed by atoms with Crippen molar-refractivity contribution in [1.82, 2.24) is 10.5 Å². The fraction of sp³-hybridized carbons (Fsp3) is 0.304. The number of rotatable bonds is 9. The van der Waals surface area contributed by atoms with E-state index in [4.69, 9.17) is 14.0 Å². The molecule has 32 heavy (non-hydrogen) atoms. The van der Waals surface area contributed by atoms with E-state index in [1.54, 1.807) is 43.3 Å². The molecule has 0 fully saturated rings. The van der Waals surface area contributed by atoms with Crippen LogP contribution in [0.1, 0.15) is 55.8 Å². The van der Waals surface area contributed by atoms with E-state index < -0.39 is 12.1 Å². The van der Waals surface area contributed by atoms with Crippen molar-refractivity contribution in [1.29, 1.82) is 0 Å². The van der Waals surface area contributed by atoms with Crippen molar-refractivity contribution in [2.45, 2.75) is 47.0 Å². The lowest BCUT2D eigenvalue weighted by Gasteiger charge is -2.14. The molecule has 0 radical (unpaired) electrons. The number of aryl methyl sites for hydroxylation is 2. The highest BCUT2D eigenvalue weighted by Gasteiger charge is 2.24. The predicted octanol–water partition coefficient (Wildman–Crippen LogP) is 4.00. The molecule has 168 valence electrons. The normalized spacial score (nSPS) is 11.6. The maximum Gasteiger partial charge on any atom is 0.342 e. The molecule has 2 heterocycles. The van der Waals surface area contributed by atoms with E-state index in [1.165, 1.54) is 25.2 Å². The molecule has 0 aliphatic rings. The van der Waals surface area contributed by atoms with Gasteiger partial charge in [0.1, 0.15) is 23.7 Å². The molecule has 0 aliphatic carbocycles. The highest BCUT2D eigenvalue weighted by atomic mass is 32.1. The molecular weight excluding hydrogens is 432 g/mol. The van der Waals surface area contributed by atoms with Crippen molar-refractivity contribution in [3.8, 4) is 5.75 Å². The summed E-state index contributed by atoms with van der Waals surface area (Å²) in [5.74, 6) is -0.132. The van der Waals surface area contributed by atoms with Gasteiger partial charge in [0.05, 0.1) is 22.7 Å². The first-order valence-corrected chi connectivity index (χ1v) is 10.8. The van der Waals surface area contributed by atoms with Gasteiger partial charge in [0.2, 0.25) is 11.7 Å². The summed E-state index contributed by atoms with van der Waals surface area (Å²) in [6, 6.07) is 10.1. The standard InChI is InChI=1S/C23H24N2O6S/c1-13-19(14(2)31-25-13)12-29-20-8-6-5-7-18(20)23(28)30-15(3)22(27)21-10-9-17(32-21)11-24-16(4)26/h5-10,15H,11-12H2,1-4H3,(H,24,26). The Morgan fingerprint density at radius 1 is 1.16 bits per heavy atom. The number of hydrogen-bond donors (Lipinski definition) is 1. The molecule has 0 aliphatic heterocycles. The summed E-state index contributed by atoms with van der Waals surface area (Å²) in [5, 5.41) is 6.57. The van der Waals surface area contributed by atoms with Crippen LogP contribution >= 0.6 is 11.3 Å². The van der Waals surface area contributed by atoms with Crippen LogP contribution in [0.2, 0.25) is 0 Å². The Hall–Kier alpha value is -3.46. The number of carbonyl (C=O) groups excluding carboxylic acids is 3. The Labute approximate surface area is 189 Å². The summed E-state index contributed by atoms with van der Waals surface area (Å²) in [6.45, 7) is 7.09. The Morgan fingerprint density at radius 2 is 1.91 bits per heavy atom. The molecule has 1 N–H and O–H groups in total. The van der Waals surface area contributed by atoms with E-state index >= 15 is 0 Å². The number of thiophene rings is 1. The Bertz CT molecular complexity index is 1110. The van der Waals surface area contributed by atoms with Gasteiger partial charge < -0.3 is 19.3 Å². The second-order valence-corrected chi connectivity index (χ2v) is 8.34. The van der Waals surface area contributed by atoms with Crippen molar-refractivity contribution in [2.75, 3.05) is 0 Å². The van der Waals surface area contributed by atoms with Gasteiger partial charge in [-0.3, -0.25) is 9.59 Å². The monoisotopic (exact) mass is 456 g/mol. The molecule has 0 saturated carbocycles. The van der Waals surface area contributed by atoms with Crippen LogP contribution in [0.25, 0.3) is 0 Å². The average molecular weight is 457 g/mol. The number of Topliss-reactive ketones (excluding diaryl/α,β-unsaturated/α-hetero) is 1. The summed E-state index contributed by atoms with van der Waals surface area (Å²) >= 11 is 1.25. The molecule has 2 aromatic heterocycles. The van der Waals surface area contributed by atoms with Crippen molar-refractivity contribution in [3.05, 3.63) is 68.7 Å². The minimum absolute atomic E-state index is 0.149. The molecule has 1 atom stereocenters. The van der Waals surface area contributed by atoms with Crippen LogP contribution in [-0.4, -0.2) is 28.9 Å². The largest absolute Gasteiger partial charge is 0.488 e.